The zero-order valence-corrected chi connectivity index (χ0v) is 10.2. The average Bonchev–Trinajstić information content (AvgIpc) is 2.63. The standard InChI is InChI=1S/C9H5ClF2N2S2/c10-9-14-13-8(16-9)4-15-7-2-1-5(11)3-6(7)12/h1-3H,4H2. The minimum Gasteiger partial charge on any atom is -0.207 e. The zero-order chi connectivity index (χ0) is 11.5. The highest BCUT2D eigenvalue weighted by Gasteiger charge is 2.07. The second-order valence-electron chi connectivity index (χ2n) is 2.81. The average molecular weight is 279 g/mol. The molecule has 0 amide bonds. The van der Waals surface area contributed by atoms with Gasteiger partial charge in [-0.1, -0.05) is 11.3 Å². The number of hydrogen-bond donors (Lipinski definition) is 0. The van der Waals surface area contributed by atoms with Gasteiger partial charge in [-0.3, -0.25) is 0 Å². The summed E-state index contributed by atoms with van der Waals surface area (Å²) in [5, 5.41) is 8.14. The molecule has 84 valence electrons. The van der Waals surface area contributed by atoms with E-state index in [4.69, 9.17) is 11.6 Å². The van der Waals surface area contributed by atoms with E-state index in [-0.39, 0.29) is 0 Å². The summed E-state index contributed by atoms with van der Waals surface area (Å²) in [5.41, 5.74) is 0. The van der Waals surface area contributed by atoms with E-state index in [1.165, 1.54) is 35.2 Å². The van der Waals surface area contributed by atoms with Crippen molar-refractivity contribution in [2.75, 3.05) is 0 Å². The molecule has 7 heteroatoms. The molecule has 0 aliphatic heterocycles. The molecule has 0 aliphatic rings. The Morgan fingerprint density at radius 3 is 2.75 bits per heavy atom. The number of benzene rings is 1. The summed E-state index contributed by atoms with van der Waals surface area (Å²) in [6.45, 7) is 0. The van der Waals surface area contributed by atoms with Crippen molar-refractivity contribution in [3.8, 4) is 0 Å². The Kier molecular flexibility index (Phi) is 3.73. The summed E-state index contributed by atoms with van der Waals surface area (Å²) in [5.74, 6) is -0.686. The van der Waals surface area contributed by atoms with Crippen molar-refractivity contribution in [3.63, 3.8) is 0 Å². The molecule has 1 heterocycles. The Morgan fingerprint density at radius 1 is 1.31 bits per heavy atom. The van der Waals surface area contributed by atoms with Crippen molar-refractivity contribution in [3.05, 3.63) is 39.3 Å². The van der Waals surface area contributed by atoms with Crippen molar-refractivity contribution in [2.24, 2.45) is 0 Å². The first kappa shape index (κ1) is 11.8. The van der Waals surface area contributed by atoms with Gasteiger partial charge in [0.25, 0.3) is 0 Å². The Hall–Kier alpha value is -0.720. The maximum Gasteiger partial charge on any atom is 0.207 e. The van der Waals surface area contributed by atoms with Crippen LogP contribution in [0.4, 0.5) is 8.78 Å². The minimum atomic E-state index is -0.583. The van der Waals surface area contributed by atoms with Crippen LogP contribution in [0.1, 0.15) is 5.01 Å². The first-order valence-electron chi connectivity index (χ1n) is 4.21. The maximum atomic E-state index is 13.2. The Labute approximate surface area is 104 Å². The van der Waals surface area contributed by atoms with E-state index in [2.05, 4.69) is 10.2 Å². The second-order valence-corrected chi connectivity index (χ2v) is 5.47. The lowest BCUT2D eigenvalue weighted by Gasteiger charge is -2.00. The molecule has 0 atom stereocenters. The lowest BCUT2D eigenvalue weighted by atomic mass is 10.3. The maximum absolute atomic E-state index is 13.2. The van der Waals surface area contributed by atoms with Crippen molar-refractivity contribution >= 4 is 34.7 Å². The van der Waals surface area contributed by atoms with Gasteiger partial charge in [0.05, 0.1) is 5.75 Å². The van der Waals surface area contributed by atoms with Gasteiger partial charge in [0.2, 0.25) is 4.47 Å². The molecule has 0 saturated heterocycles. The SMILES string of the molecule is Fc1ccc(SCc2nnc(Cl)s2)c(F)c1. The van der Waals surface area contributed by atoms with E-state index in [0.717, 1.165) is 6.07 Å². The third-order valence-corrected chi connectivity index (χ3v) is 3.95. The lowest BCUT2D eigenvalue weighted by Crippen LogP contribution is -1.85. The molecule has 0 radical (unpaired) electrons. The van der Waals surface area contributed by atoms with Crippen LogP contribution >= 0.6 is 34.7 Å². The largest absolute Gasteiger partial charge is 0.207 e. The van der Waals surface area contributed by atoms with Gasteiger partial charge >= 0.3 is 0 Å². The fourth-order valence-corrected chi connectivity index (χ4v) is 2.80. The van der Waals surface area contributed by atoms with Crippen LogP contribution in [0.2, 0.25) is 4.47 Å². The van der Waals surface area contributed by atoms with Gasteiger partial charge in [-0.2, -0.15) is 0 Å². The van der Waals surface area contributed by atoms with Gasteiger partial charge < -0.3 is 0 Å². The molecule has 1 aromatic heterocycles. The van der Waals surface area contributed by atoms with Crippen LogP contribution in [-0.2, 0) is 5.75 Å². The van der Waals surface area contributed by atoms with Crippen molar-refractivity contribution in [2.45, 2.75) is 10.6 Å². The smallest absolute Gasteiger partial charge is 0.207 e. The topological polar surface area (TPSA) is 25.8 Å². The molecular formula is C9H5ClF2N2S2. The summed E-state index contributed by atoms with van der Waals surface area (Å²) in [6.07, 6.45) is 0. The fraction of sp³-hybridized carbons (Fsp3) is 0.111. The van der Waals surface area contributed by atoms with Crippen LogP contribution in [0.25, 0.3) is 0 Å². The molecule has 1 aromatic carbocycles. The zero-order valence-electron chi connectivity index (χ0n) is 7.78. The monoisotopic (exact) mass is 278 g/mol. The molecule has 0 saturated carbocycles. The number of nitrogens with zero attached hydrogens (tertiary/aromatic N) is 2. The van der Waals surface area contributed by atoms with Gasteiger partial charge in [-0.15, -0.1) is 22.0 Å². The van der Waals surface area contributed by atoms with Crippen molar-refractivity contribution in [1.82, 2.24) is 10.2 Å². The predicted octanol–water partition coefficient (Wildman–Crippen LogP) is 3.76. The van der Waals surface area contributed by atoms with Gasteiger partial charge in [0.15, 0.2) is 0 Å². The summed E-state index contributed by atoms with van der Waals surface area (Å²) < 4.78 is 26.2. The molecule has 0 unspecified atom stereocenters. The number of aromatic nitrogens is 2. The van der Waals surface area contributed by atoms with Crippen molar-refractivity contribution < 1.29 is 8.78 Å². The molecule has 2 nitrogen and oxygen atoms in total. The third kappa shape index (κ3) is 2.90. The lowest BCUT2D eigenvalue weighted by molar-refractivity contribution is 0.565. The highest BCUT2D eigenvalue weighted by Crippen LogP contribution is 2.27. The quantitative estimate of drug-likeness (QED) is 0.800. The van der Waals surface area contributed by atoms with Gasteiger partial charge in [-0.05, 0) is 23.7 Å². The molecule has 0 spiro atoms. The summed E-state index contributed by atoms with van der Waals surface area (Å²) in [7, 11) is 0. The fourth-order valence-electron chi connectivity index (χ4n) is 1.02. The molecule has 0 aliphatic carbocycles. The first-order chi connectivity index (χ1) is 7.65. The van der Waals surface area contributed by atoms with E-state index in [0.29, 0.717) is 20.1 Å². The summed E-state index contributed by atoms with van der Waals surface area (Å²) in [4.78, 5) is 0.382. The summed E-state index contributed by atoms with van der Waals surface area (Å²) >= 11 is 8.08. The number of hydrogen-bond acceptors (Lipinski definition) is 4. The number of thioether (sulfide) groups is 1. The first-order valence-corrected chi connectivity index (χ1v) is 6.39. The van der Waals surface area contributed by atoms with Gasteiger partial charge in [0.1, 0.15) is 16.6 Å². The molecule has 0 fully saturated rings. The van der Waals surface area contributed by atoms with Crippen LogP contribution < -0.4 is 0 Å². The Balaban J connectivity index is 2.04. The number of rotatable bonds is 3. The van der Waals surface area contributed by atoms with E-state index < -0.39 is 11.6 Å². The molecule has 16 heavy (non-hydrogen) atoms. The van der Waals surface area contributed by atoms with Crippen molar-refractivity contribution in [1.29, 1.82) is 0 Å². The van der Waals surface area contributed by atoms with Crippen LogP contribution in [0, 0.1) is 11.6 Å². The number of halogens is 3. The van der Waals surface area contributed by atoms with Crippen LogP contribution in [0.15, 0.2) is 23.1 Å². The highest BCUT2D eigenvalue weighted by molar-refractivity contribution is 7.98. The highest BCUT2D eigenvalue weighted by atomic mass is 35.5. The molecule has 2 aromatic rings. The third-order valence-electron chi connectivity index (χ3n) is 1.69. The Bertz CT molecular complexity index is 504. The van der Waals surface area contributed by atoms with Crippen LogP contribution in [0.3, 0.4) is 0 Å². The molecule has 2 rings (SSSR count). The molecule has 0 N–H and O–H groups in total. The van der Waals surface area contributed by atoms with Crippen LogP contribution in [0.5, 0.6) is 0 Å². The van der Waals surface area contributed by atoms with E-state index in [9.17, 15) is 8.78 Å². The Morgan fingerprint density at radius 2 is 2.12 bits per heavy atom. The van der Waals surface area contributed by atoms with E-state index >= 15 is 0 Å². The summed E-state index contributed by atoms with van der Waals surface area (Å²) in [6, 6.07) is 3.48. The van der Waals surface area contributed by atoms with Gasteiger partial charge in [-0.25, -0.2) is 8.78 Å². The minimum absolute atomic E-state index is 0.357. The molecule has 0 bridgehead atoms. The van der Waals surface area contributed by atoms with Gasteiger partial charge in [0, 0.05) is 11.0 Å². The van der Waals surface area contributed by atoms with E-state index in [1.54, 1.807) is 0 Å². The van der Waals surface area contributed by atoms with Crippen LogP contribution in [-0.4, -0.2) is 10.2 Å². The molecular weight excluding hydrogens is 274 g/mol. The second kappa shape index (κ2) is 5.07. The predicted molar refractivity (Wildman–Crippen MR) is 60.8 cm³/mol. The van der Waals surface area contributed by atoms with E-state index in [1.807, 2.05) is 0 Å². The normalized spacial score (nSPS) is 10.7.